The fourth-order valence-electron chi connectivity index (χ4n) is 4.60. The van der Waals surface area contributed by atoms with Gasteiger partial charge in [-0.15, -0.1) is 0 Å². The SMILES string of the molecule is CC(C)[C@@](C)(C#N)NC(=O)COC(=O)CN1C(=O)N[C@]2(C[C@@H](C)CC(C)(C)C2)C1=O. The van der Waals surface area contributed by atoms with E-state index in [1.165, 1.54) is 0 Å². The van der Waals surface area contributed by atoms with E-state index in [1.54, 1.807) is 20.8 Å². The summed E-state index contributed by atoms with van der Waals surface area (Å²) in [6, 6.07) is 1.41. The normalized spacial score (nSPS) is 27.4. The second kappa shape index (κ2) is 8.25. The molecule has 0 aromatic heterocycles. The number of urea groups is 1. The molecule has 9 heteroatoms. The first kappa shape index (κ1) is 23.6. The van der Waals surface area contributed by atoms with Gasteiger partial charge in [-0.05, 0) is 43.4 Å². The second-order valence-corrected chi connectivity index (χ2v) is 9.94. The zero-order valence-electron chi connectivity index (χ0n) is 18.6. The molecule has 1 spiro atoms. The molecule has 0 radical (unpaired) electrons. The lowest BCUT2D eigenvalue weighted by atomic mass is 9.64. The number of ether oxygens (including phenoxy) is 1. The highest BCUT2D eigenvalue weighted by molar-refractivity contribution is 6.08. The fraction of sp³-hybridized carbons (Fsp3) is 0.762. The summed E-state index contributed by atoms with van der Waals surface area (Å²) >= 11 is 0. The van der Waals surface area contributed by atoms with Gasteiger partial charge in [0.1, 0.15) is 17.6 Å². The van der Waals surface area contributed by atoms with Crippen molar-refractivity contribution in [2.24, 2.45) is 17.3 Å². The van der Waals surface area contributed by atoms with E-state index in [2.05, 4.69) is 24.5 Å². The highest BCUT2D eigenvalue weighted by Gasteiger charge is 2.56. The van der Waals surface area contributed by atoms with Crippen LogP contribution in [-0.2, 0) is 19.1 Å². The molecule has 9 nitrogen and oxygen atoms in total. The number of hydrogen-bond donors (Lipinski definition) is 2. The minimum Gasteiger partial charge on any atom is -0.454 e. The van der Waals surface area contributed by atoms with Gasteiger partial charge < -0.3 is 15.4 Å². The molecule has 2 aliphatic rings. The third-order valence-corrected chi connectivity index (χ3v) is 6.06. The van der Waals surface area contributed by atoms with Crippen LogP contribution in [0.15, 0.2) is 0 Å². The first-order valence-electron chi connectivity index (χ1n) is 10.3. The Bertz CT molecular complexity index is 787. The predicted octanol–water partition coefficient (Wildman–Crippen LogP) is 1.72. The van der Waals surface area contributed by atoms with E-state index in [9.17, 15) is 24.4 Å². The topological polar surface area (TPSA) is 129 Å². The van der Waals surface area contributed by atoms with Crippen molar-refractivity contribution in [3.05, 3.63) is 0 Å². The van der Waals surface area contributed by atoms with Gasteiger partial charge in [0.2, 0.25) is 0 Å². The molecular formula is C21H32N4O5. The smallest absolute Gasteiger partial charge is 0.326 e. The molecule has 0 aromatic rings. The molecular weight excluding hydrogens is 388 g/mol. The van der Waals surface area contributed by atoms with Gasteiger partial charge >= 0.3 is 12.0 Å². The summed E-state index contributed by atoms with van der Waals surface area (Å²) in [5, 5.41) is 14.6. The number of carbonyl (C=O) groups excluding carboxylic acids is 4. The van der Waals surface area contributed by atoms with Crippen LogP contribution in [0.2, 0.25) is 0 Å². The van der Waals surface area contributed by atoms with E-state index in [-0.39, 0.29) is 17.3 Å². The molecule has 166 valence electrons. The fourth-order valence-corrected chi connectivity index (χ4v) is 4.60. The zero-order valence-corrected chi connectivity index (χ0v) is 18.6. The average molecular weight is 421 g/mol. The number of rotatable bonds is 6. The van der Waals surface area contributed by atoms with Crippen LogP contribution in [0.5, 0.6) is 0 Å². The zero-order chi connectivity index (χ0) is 22.9. The Morgan fingerprint density at radius 1 is 1.37 bits per heavy atom. The Balaban J connectivity index is 1.96. The minimum atomic E-state index is -1.09. The molecule has 0 bridgehead atoms. The molecule has 1 aliphatic carbocycles. The number of nitriles is 1. The van der Waals surface area contributed by atoms with Gasteiger partial charge in [-0.3, -0.25) is 19.3 Å². The maximum Gasteiger partial charge on any atom is 0.326 e. The van der Waals surface area contributed by atoms with E-state index >= 15 is 0 Å². The van der Waals surface area contributed by atoms with Gasteiger partial charge in [0, 0.05) is 0 Å². The average Bonchev–Trinajstić information content (AvgIpc) is 2.81. The van der Waals surface area contributed by atoms with Crippen molar-refractivity contribution in [1.29, 1.82) is 5.26 Å². The third kappa shape index (κ3) is 4.91. The summed E-state index contributed by atoms with van der Waals surface area (Å²) in [5.74, 6) is -1.81. The van der Waals surface area contributed by atoms with E-state index in [0.29, 0.717) is 12.8 Å². The molecule has 2 rings (SSSR count). The van der Waals surface area contributed by atoms with Crippen LogP contribution in [0.3, 0.4) is 0 Å². The predicted molar refractivity (Wildman–Crippen MR) is 108 cm³/mol. The van der Waals surface area contributed by atoms with Gasteiger partial charge in [0.05, 0.1) is 6.07 Å². The molecule has 1 aliphatic heterocycles. The van der Waals surface area contributed by atoms with Crippen molar-refractivity contribution in [3.63, 3.8) is 0 Å². The lowest BCUT2D eigenvalue weighted by Gasteiger charge is -2.43. The van der Waals surface area contributed by atoms with Gasteiger partial charge in [-0.2, -0.15) is 5.26 Å². The highest BCUT2D eigenvalue weighted by atomic mass is 16.5. The van der Waals surface area contributed by atoms with Crippen molar-refractivity contribution in [3.8, 4) is 6.07 Å². The third-order valence-electron chi connectivity index (χ3n) is 6.06. The first-order valence-corrected chi connectivity index (χ1v) is 10.3. The van der Waals surface area contributed by atoms with Gasteiger partial charge in [0.25, 0.3) is 11.8 Å². The molecule has 1 saturated carbocycles. The molecule has 1 heterocycles. The van der Waals surface area contributed by atoms with Crippen LogP contribution in [0, 0.1) is 28.6 Å². The summed E-state index contributed by atoms with van der Waals surface area (Å²) in [4.78, 5) is 50.5. The van der Waals surface area contributed by atoms with E-state index in [4.69, 9.17) is 4.74 Å². The maximum absolute atomic E-state index is 13.0. The lowest BCUT2D eigenvalue weighted by Crippen LogP contribution is -2.54. The molecule has 4 amide bonds. The summed E-state index contributed by atoms with van der Waals surface area (Å²) in [7, 11) is 0. The van der Waals surface area contributed by atoms with Crippen LogP contribution in [-0.4, -0.2) is 52.9 Å². The van der Waals surface area contributed by atoms with Crippen molar-refractivity contribution >= 4 is 23.8 Å². The van der Waals surface area contributed by atoms with E-state index in [1.807, 2.05) is 13.0 Å². The van der Waals surface area contributed by atoms with Crippen LogP contribution in [0.25, 0.3) is 0 Å². The monoisotopic (exact) mass is 420 g/mol. The van der Waals surface area contributed by atoms with Crippen molar-refractivity contribution in [1.82, 2.24) is 15.5 Å². The minimum absolute atomic E-state index is 0.112. The summed E-state index contributed by atoms with van der Waals surface area (Å²) < 4.78 is 4.94. The number of nitrogens with one attached hydrogen (secondary N) is 2. The van der Waals surface area contributed by atoms with E-state index in [0.717, 1.165) is 11.3 Å². The van der Waals surface area contributed by atoms with Crippen molar-refractivity contribution < 1.29 is 23.9 Å². The van der Waals surface area contributed by atoms with Crippen molar-refractivity contribution in [2.45, 2.75) is 71.9 Å². The number of carbonyl (C=O) groups is 4. The van der Waals surface area contributed by atoms with Crippen LogP contribution in [0.1, 0.15) is 60.8 Å². The highest BCUT2D eigenvalue weighted by Crippen LogP contribution is 2.46. The van der Waals surface area contributed by atoms with Crippen LogP contribution in [0.4, 0.5) is 4.79 Å². The van der Waals surface area contributed by atoms with Crippen LogP contribution < -0.4 is 10.6 Å². The number of imide groups is 1. The standard InChI is InChI=1S/C21H32N4O5/c1-13(2)20(6,12-22)23-15(26)10-30-16(27)9-25-17(28)21(24-18(25)29)8-14(3)7-19(4,5)11-21/h13-14H,7-11H2,1-6H3,(H,23,26)(H,24,29)/t14-,20+,21-/m0/s1. The molecule has 30 heavy (non-hydrogen) atoms. The van der Waals surface area contributed by atoms with Crippen LogP contribution >= 0.6 is 0 Å². The molecule has 0 unspecified atom stereocenters. The summed E-state index contributed by atoms with van der Waals surface area (Å²) in [5.41, 5.74) is -2.20. The Morgan fingerprint density at radius 2 is 2.00 bits per heavy atom. The quantitative estimate of drug-likeness (QED) is 0.497. The Labute approximate surface area is 177 Å². The van der Waals surface area contributed by atoms with Crippen molar-refractivity contribution in [2.75, 3.05) is 13.2 Å². The Hall–Kier alpha value is -2.63. The number of esters is 1. The molecule has 3 atom stereocenters. The van der Waals surface area contributed by atoms with Gasteiger partial charge in [-0.1, -0.05) is 34.6 Å². The second-order valence-electron chi connectivity index (χ2n) is 9.94. The molecule has 2 N–H and O–H groups in total. The number of nitrogens with zero attached hydrogens (tertiary/aromatic N) is 2. The van der Waals surface area contributed by atoms with Gasteiger partial charge in [-0.25, -0.2) is 4.79 Å². The lowest BCUT2D eigenvalue weighted by molar-refractivity contribution is -0.151. The molecule has 0 aromatic carbocycles. The van der Waals surface area contributed by atoms with E-state index < -0.39 is 48.0 Å². The largest absolute Gasteiger partial charge is 0.454 e. The maximum atomic E-state index is 13.0. The van der Waals surface area contributed by atoms with Gasteiger partial charge in [0.15, 0.2) is 6.61 Å². The molecule has 2 fully saturated rings. The first-order chi connectivity index (χ1) is 13.7. The number of amides is 4. The Kier molecular flexibility index (Phi) is 6.50. The summed E-state index contributed by atoms with van der Waals surface area (Å²) in [6.45, 7) is 10.2. The molecule has 1 saturated heterocycles. The Morgan fingerprint density at radius 3 is 2.53 bits per heavy atom. The summed E-state index contributed by atoms with van der Waals surface area (Å²) in [6.07, 6.45) is 1.98. The number of hydrogen-bond acceptors (Lipinski definition) is 6.